The van der Waals surface area contributed by atoms with E-state index in [1.54, 1.807) is 42.6 Å². The molecule has 21 heavy (non-hydrogen) atoms. The van der Waals surface area contributed by atoms with E-state index < -0.39 is 0 Å². The van der Waals surface area contributed by atoms with Gasteiger partial charge in [-0.15, -0.1) is 0 Å². The fourth-order valence-electron chi connectivity index (χ4n) is 2.29. The number of carbonyl (C=O) groups excluding carboxylic acids is 1. The molecule has 0 unspecified atom stereocenters. The van der Waals surface area contributed by atoms with Crippen LogP contribution in [0.1, 0.15) is 21.5 Å². The van der Waals surface area contributed by atoms with Crippen LogP contribution in [0.5, 0.6) is 0 Å². The van der Waals surface area contributed by atoms with Crippen LogP contribution in [-0.2, 0) is 0 Å². The van der Waals surface area contributed by atoms with Crippen molar-refractivity contribution in [1.82, 2.24) is 4.98 Å². The van der Waals surface area contributed by atoms with Crippen LogP contribution in [0.15, 0.2) is 42.6 Å². The quantitative estimate of drug-likeness (QED) is 0.560. The Labute approximate surface area is 125 Å². The van der Waals surface area contributed by atoms with Crippen LogP contribution in [-0.4, -0.2) is 10.8 Å². The molecule has 0 atom stereocenters. The first kappa shape index (κ1) is 13.2. The van der Waals surface area contributed by atoms with Gasteiger partial charge in [-0.05, 0) is 30.3 Å². The number of hydrogen-bond acceptors (Lipinski definition) is 3. The summed E-state index contributed by atoms with van der Waals surface area (Å²) in [5.41, 5.74) is 8.19. The molecule has 0 fully saturated rings. The van der Waals surface area contributed by atoms with Gasteiger partial charge in [-0.2, -0.15) is 5.26 Å². The number of nitriles is 1. The Morgan fingerprint density at radius 1 is 1.29 bits per heavy atom. The number of hydrogen-bond donors (Lipinski definition) is 2. The summed E-state index contributed by atoms with van der Waals surface area (Å²) in [5.74, 6) is -0.264. The molecular formula is C16H10ClN3O. The highest BCUT2D eigenvalue weighted by Gasteiger charge is 2.19. The molecule has 102 valence electrons. The van der Waals surface area contributed by atoms with E-state index >= 15 is 0 Å². The molecule has 0 radical (unpaired) electrons. The SMILES string of the molecule is N#Cc1ccc2[nH]cc(C(=O)c3c(N)cccc3Cl)c2c1. The lowest BCUT2D eigenvalue weighted by molar-refractivity contribution is 0.104. The molecule has 1 aromatic heterocycles. The van der Waals surface area contributed by atoms with Crippen molar-refractivity contribution in [3.8, 4) is 6.07 Å². The highest BCUT2D eigenvalue weighted by atomic mass is 35.5. The summed E-state index contributed by atoms with van der Waals surface area (Å²) in [6.07, 6.45) is 1.61. The van der Waals surface area contributed by atoms with Gasteiger partial charge in [0.25, 0.3) is 0 Å². The fourth-order valence-corrected chi connectivity index (χ4v) is 2.56. The van der Waals surface area contributed by atoms with Crippen LogP contribution in [0.4, 0.5) is 5.69 Å². The number of halogens is 1. The number of fused-ring (bicyclic) bond motifs is 1. The van der Waals surface area contributed by atoms with Crippen molar-refractivity contribution in [2.45, 2.75) is 0 Å². The van der Waals surface area contributed by atoms with Crippen LogP contribution in [0.25, 0.3) is 10.9 Å². The Hall–Kier alpha value is -2.77. The van der Waals surface area contributed by atoms with Gasteiger partial charge >= 0.3 is 0 Å². The summed E-state index contributed by atoms with van der Waals surface area (Å²) >= 11 is 6.09. The third-order valence-electron chi connectivity index (χ3n) is 3.33. The summed E-state index contributed by atoms with van der Waals surface area (Å²) < 4.78 is 0. The van der Waals surface area contributed by atoms with Crippen molar-refractivity contribution in [2.75, 3.05) is 5.73 Å². The van der Waals surface area contributed by atoms with Crippen molar-refractivity contribution in [3.05, 3.63) is 64.3 Å². The fraction of sp³-hybridized carbons (Fsp3) is 0. The Kier molecular flexibility index (Phi) is 3.13. The minimum Gasteiger partial charge on any atom is -0.398 e. The Morgan fingerprint density at radius 2 is 2.10 bits per heavy atom. The molecular weight excluding hydrogens is 286 g/mol. The number of benzene rings is 2. The van der Waals surface area contributed by atoms with Crippen LogP contribution in [0, 0.1) is 11.3 Å². The zero-order valence-electron chi connectivity index (χ0n) is 10.9. The number of aromatic nitrogens is 1. The standard InChI is InChI=1S/C16H10ClN3O/c17-12-2-1-3-13(19)15(12)16(21)11-8-20-14-5-4-9(7-18)6-10(11)14/h1-6,8,20H,19H2. The summed E-state index contributed by atoms with van der Waals surface area (Å²) in [4.78, 5) is 15.7. The highest BCUT2D eigenvalue weighted by molar-refractivity contribution is 6.36. The van der Waals surface area contributed by atoms with E-state index in [-0.39, 0.29) is 11.3 Å². The Morgan fingerprint density at radius 3 is 2.81 bits per heavy atom. The molecule has 0 spiro atoms. The smallest absolute Gasteiger partial charge is 0.198 e. The lowest BCUT2D eigenvalue weighted by Crippen LogP contribution is -2.05. The monoisotopic (exact) mass is 295 g/mol. The maximum Gasteiger partial charge on any atom is 0.198 e. The van der Waals surface area contributed by atoms with Crippen molar-refractivity contribution in [3.63, 3.8) is 0 Å². The number of nitrogens with one attached hydrogen (secondary N) is 1. The van der Waals surface area contributed by atoms with Crippen molar-refractivity contribution < 1.29 is 4.79 Å². The Balaban J connectivity index is 2.21. The number of anilines is 1. The van der Waals surface area contributed by atoms with Crippen LogP contribution < -0.4 is 5.73 Å². The predicted octanol–water partition coefficient (Wildman–Crippen LogP) is 3.51. The van der Waals surface area contributed by atoms with Crippen LogP contribution in [0.2, 0.25) is 5.02 Å². The lowest BCUT2D eigenvalue weighted by Gasteiger charge is -2.06. The summed E-state index contributed by atoms with van der Waals surface area (Å²) in [6, 6.07) is 12.1. The van der Waals surface area contributed by atoms with E-state index in [1.165, 1.54) is 0 Å². The van der Waals surface area contributed by atoms with Crippen molar-refractivity contribution in [1.29, 1.82) is 5.26 Å². The minimum absolute atomic E-state index is 0.264. The second-order valence-corrected chi connectivity index (χ2v) is 5.01. The van der Waals surface area contributed by atoms with E-state index in [4.69, 9.17) is 22.6 Å². The van der Waals surface area contributed by atoms with Gasteiger partial charge in [0.05, 0.1) is 22.2 Å². The zero-order chi connectivity index (χ0) is 15.0. The topological polar surface area (TPSA) is 82.7 Å². The first-order valence-electron chi connectivity index (χ1n) is 6.21. The molecule has 0 saturated heterocycles. The largest absolute Gasteiger partial charge is 0.398 e. The molecule has 5 heteroatoms. The average Bonchev–Trinajstić information content (AvgIpc) is 2.89. The van der Waals surface area contributed by atoms with Gasteiger partial charge in [0.15, 0.2) is 5.78 Å². The van der Waals surface area contributed by atoms with Gasteiger partial charge in [0, 0.05) is 28.4 Å². The molecule has 3 rings (SSSR count). The van der Waals surface area contributed by atoms with Gasteiger partial charge in [-0.25, -0.2) is 0 Å². The number of H-pyrrole nitrogens is 1. The number of nitrogens with zero attached hydrogens (tertiary/aromatic N) is 1. The van der Waals surface area contributed by atoms with Crippen LogP contribution in [0.3, 0.4) is 0 Å². The first-order chi connectivity index (χ1) is 10.1. The molecule has 3 aromatic rings. The Bertz CT molecular complexity index is 885. The maximum atomic E-state index is 12.7. The second kappa shape index (κ2) is 4.97. The molecule has 1 heterocycles. The van der Waals surface area contributed by atoms with E-state index in [9.17, 15) is 4.79 Å². The number of nitrogens with two attached hydrogens (primary N) is 1. The van der Waals surface area contributed by atoms with Gasteiger partial charge in [-0.1, -0.05) is 17.7 Å². The third kappa shape index (κ3) is 2.14. The first-order valence-corrected chi connectivity index (χ1v) is 6.59. The average molecular weight is 296 g/mol. The molecule has 0 aliphatic rings. The number of rotatable bonds is 2. The van der Waals surface area contributed by atoms with E-state index in [0.717, 1.165) is 5.52 Å². The number of aromatic amines is 1. The molecule has 0 aliphatic carbocycles. The third-order valence-corrected chi connectivity index (χ3v) is 3.64. The second-order valence-electron chi connectivity index (χ2n) is 4.61. The van der Waals surface area contributed by atoms with Crippen molar-refractivity contribution >= 4 is 34.0 Å². The molecule has 3 N–H and O–H groups in total. The number of carbonyl (C=O) groups is 1. The zero-order valence-corrected chi connectivity index (χ0v) is 11.6. The van der Waals surface area contributed by atoms with Crippen LogP contribution >= 0.6 is 11.6 Å². The number of ketones is 1. The molecule has 0 saturated carbocycles. The summed E-state index contributed by atoms with van der Waals surface area (Å²) in [6.45, 7) is 0. The van der Waals surface area contributed by atoms with Gasteiger partial charge in [0.1, 0.15) is 0 Å². The maximum absolute atomic E-state index is 12.7. The number of nitrogen functional groups attached to an aromatic ring is 1. The van der Waals surface area contributed by atoms with Crippen molar-refractivity contribution in [2.24, 2.45) is 0 Å². The minimum atomic E-state index is -0.264. The molecule has 2 aromatic carbocycles. The van der Waals surface area contributed by atoms with Gasteiger partial charge in [0.2, 0.25) is 0 Å². The molecule has 0 aliphatic heterocycles. The lowest BCUT2D eigenvalue weighted by atomic mass is 10.0. The highest BCUT2D eigenvalue weighted by Crippen LogP contribution is 2.28. The summed E-state index contributed by atoms with van der Waals surface area (Å²) in [5, 5.41) is 9.97. The van der Waals surface area contributed by atoms with Gasteiger partial charge < -0.3 is 10.7 Å². The predicted molar refractivity (Wildman–Crippen MR) is 82.3 cm³/mol. The molecule has 0 amide bonds. The summed E-state index contributed by atoms with van der Waals surface area (Å²) in [7, 11) is 0. The van der Waals surface area contributed by atoms with E-state index in [0.29, 0.717) is 27.2 Å². The molecule has 4 nitrogen and oxygen atoms in total. The van der Waals surface area contributed by atoms with Gasteiger partial charge in [-0.3, -0.25) is 4.79 Å². The molecule has 0 bridgehead atoms. The normalized spacial score (nSPS) is 10.5. The van der Waals surface area contributed by atoms with E-state index in [2.05, 4.69) is 11.1 Å². The van der Waals surface area contributed by atoms with E-state index in [1.807, 2.05) is 0 Å².